The number of H-pyrrole nitrogens is 1. The summed E-state index contributed by atoms with van der Waals surface area (Å²) in [5.74, 6) is 0.734. The zero-order valence-electron chi connectivity index (χ0n) is 11.8. The molecule has 1 fully saturated rings. The van der Waals surface area contributed by atoms with Gasteiger partial charge < -0.3 is 14.3 Å². The van der Waals surface area contributed by atoms with E-state index in [4.69, 9.17) is 17.0 Å². The molecular weight excluding hydrogens is 308 g/mol. The fraction of sp³-hybridized carbons (Fsp3) is 0.500. The van der Waals surface area contributed by atoms with E-state index in [1.807, 2.05) is 10.6 Å². The lowest BCUT2D eigenvalue weighted by Gasteiger charge is -2.06. The van der Waals surface area contributed by atoms with Gasteiger partial charge in [-0.15, -0.1) is 0 Å². The van der Waals surface area contributed by atoms with Crippen LogP contribution in [0.15, 0.2) is 23.1 Å². The Morgan fingerprint density at radius 3 is 2.86 bits per heavy atom. The highest BCUT2D eigenvalue weighted by Crippen LogP contribution is 2.28. The Labute approximate surface area is 128 Å². The van der Waals surface area contributed by atoms with Crippen LogP contribution in [0.1, 0.15) is 12.8 Å². The third-order valence-corrected chi connectivity index (χ3v) is 5.14. The number of imidazole rings is 1. The minimum atomic E-state index is -3.28. The van der Waals surface area contributed by atoms with Gasteiger partial charge in [-0.1, -0.05) is 6.07 Å². The molecule has 114 valence electrons. The second-order valence-corrected chi connectivity index (χ2v) is 7.89. The summed E-state index contributed by atoms with van der Waals surface area (Å²) in [5, 5.41) is 0. The molecule has 0 bridgehead atoms. The summed E-state index contributed by atoms with van der Waals surface area (Å²) in [4.78, 5) is 3.29. The number of hydrogen-bond donors (Lipinski definition) is 1. The van der Waals surface area contributed by atoms with Crippen molar-refractivity contribution in [3.8, 4) is 0 Å². The Kier molecular flexibility index (Phi) is 3.90. The summed E-state index contributed by atoms with van der Waals surface area (Å²) in [7, 11) is -3.28. The predicted octanol–water partition coefficient (Wildman–Crippen LogP) is 2.53. The van der Waals surface area contributed by atoms with E-state index in [9.17, 15) is 8.42 Å². The highest BCUT2D eigenvalue weighted by atomic mass is 32.2. The lowest BCUT2D eigenvalue weighted by molar-refractivity contribution is 0.117. The molecule has 0 spiro atoms. The standard InChI is InChI=1S/C14H18N2O3S2/c1-21(17,18)12-4-2-3-11-13(12)15-14(20)16(11)7-8-19-9-10-5-6-10/h2-4,10H,5-9H2,1H3,(H,15,20). The second-order valence-electron chi connectivity index (χ2n) is 5.52. The molecule has 0 radical (unpaired) electrons. The van der Waals surface area contributed by atoms with Crippen molar-refractivity contribution in [3.05, 3.63) is 23.0 Å². The molecule has 1 N–H and O–H groups in total. The third kappa shape index (κ3) is 3.20. The third-order valence-electron chi connectivity index (χ3n) is 3.68. The number of nitrogens with zero attached hydrogens (tertiary/aromatic N) is 1. The Morgan fingerprint density at radius 1 is 1.43 bits per heavy atom. The Bertz CT molecular complexity index is 816. The SMILES string of the molecule is CS(=O)(=O)c1cccc2c1[nH]c(=S)n2CCOCC1CC1. The zero-order chi connectivity index (χ0) is 15.0. The Hall–Kier alpha value is -1.18. The number of nitrogens with one attached hydrogen (secondary N) is 1. The molecule has 3 rings (SSSR count). The number of hydrogen-bond acceptors (Lipinski definition) is 4. The van der Waals surface area contributed by atoms with Gasteiger partial charge in [0.15, 0.2) is 14.6 Å². The maximum absolute atomic E-state index is 11.8. The van der Waals surface area contributed by atoms with Gasteiger partial charge in [-0.3, -0.25) is 0 Å². The Balaban J connectivity index is 1.88. The fourth-order valence-corrected chi connectivity index (χ4v) is 3.52. The lowest BCUT2D eigenvalue weighted by atomic mass is 10.3. The van der Waals surface area contributed by atoms with E-state index in [0.717, 1.165) is 18.0 Å². The van der Waals surface area contributed by atoms with Crippen LogP contribution >= 0.6 is 12.2 Å². The van der Waals surface area contributed by atoms with E-state index in [0.29, 0.717) is 23.4 Å². The van der Waals surface area contributed by atoms with E-state index in [-0.39, 0.29) is 4.90 Å². The first kappa shape index (κ1) is 14.7. The molecule has 0 aliphatic heterocycles. The highest BCUT2D eigenvalue weighted by molar-refractivity contribution is 7.91. The van der Waals surface area contributed by atoms with Crippen LogP contribution in [-0.4, -0.2) is 37.4 Å². The number of aromatic amines is 1. The van der Waals surface area contributed by atoms with Crippen LogP contribution in [0.3, 0.4) is 0 Å². The molecule has 1 aliphatic carbocycles. The van der Waals surface area contributed by atoms with E-state index in [2.05, 4.69) is 4.98 Å². The summed E-state index contributed by atoms with van der Waals surface area (Å²) in [6.07, 6.45) is 3.74. The van der Waals surface area contributed by atoms with Crippen molar-refractivity contribution >= 4 is 33.1 Å². The lowest BCUT2D eigenvalue weighted by Crippen LogP contribution is -2.07. The first-order valence-electron chi connectivity index (χ1n) is 6.96. The molecule has 2 aromatic rings. The smallest absolute Gasteiger partial charge is 0.178 e. The number of benzene rings is 1. The van der Waals surface area contributed by atoms with Crippen molar-refractivity contribution in [3.63, 3.8) is 0 Å². The predicted molar refractivity (Wildman–Crippen MR) is 83.8 cm³/mol. The first-order valence-corrected chi connectivity index (χ1v) is 9.26. The molecular formula is C14H18N2O3S2. The van der Waals surface area contributed by atoms with Gasteiger partial charge in [-0.25, -0.2) is 8.42 Å². The van der Waals surface area contributed by atoms with Crippen molar-refractivity contribution in [1.82, 2.24) is 9.55 Å². The van der Waals surface area contributed by atoms with Crippen LogP contribution < -0.4 is 0 Å². The minimum absolute atomic E-state index is 0.281. The molecule has 5 nitrogen and oxygen atoms in total. The summed E-state index contributed by atoms with van der Waals surface area (Å²) in [6, 6.07) is 5.21. The molecule has 1 aromatic carbocycles. The van der Waals surface area contributed by atoms with Gasteiger partial charge in [0, 0.05) is 19.4 Å². The minimum Gasteiger partial charge on any atom is -0.379 e. The van der Waals surface area contributed by atoms with Crippen molar-refractivity contribution in [1.29, 1.82) is 0 Å². The molecule has 1 saturated carbocycles. The summed E-state index contributed by atoms with van der Waals surface area (Å²) in [5.41, 5.74) is 1.38. The fourth-order valence-electron chi connectivity index (χ4n) is 2.38. The van der Waals surface area contributed by atoms with Crippen molar-refractivity contribution < 1.29 is 13.2 Å². The number of ether oxygens (including phenoxy) is 1. The largest absolute Gasteiger partial charge is 0.379 e. The van der Waals surface area contributed by atoms with Gasteiger partial charge in [-0.2, -0.15) is 0 Å². The molecule has 0 unspecified atom stereocenters. The topological polar surface area (TPSA) is 64.1 Å². The van der Waals surface area contributed by atoms with Gasteiger partial charge >= 0.3 is 0 Å². The van der Waals surface area contributed by atoms with Crippen LogP contribution in [-0.2, 0) is 21.1 Å². The first-order chi connectivity index (χ1) is 9.97. The van der Waals surface area contributed by atoms with Crippen molar-refractivity contribution in [2.45, 2.75) is 24.3 Å². The van der Waals surface area contributed by atoms with Gasteiger partial charge in [0.05, 0.1) is 22.5 Å². The number of aromatic nitrogens is 2. The van der Waals surface area contributed by atoms with Crippen LogP contribution in [0.2, 0.25) is 0 Å². The number of rotatable bonds is 6. The van der Waals surface area contributed by atoms with Crippen LogP contribution in [0.4, 0.5) is 0 Å². The highest BCUT2D eigenvalue weighted by Gasteiger charge is 2.21. The molecule has 0 saturated heterocycles. The molecule has 7 heteroatoms. The number of fused-ring (bicyclic) bond motifs is 1. The second kappa shape index (κ2) is 5.55. The van der Waals surface area contributed by atoms with Gasteiger partial charge in [0.25, 0.3) is 0 Å². The summed E-state index contributed by atoms with van der Waals surface area (Å²) >= 11 is 5.31. The quantitative estimate of drug-likeness (QED) is 0.654. The maximum atomic E-state index is 11.8. The van der Waals surface area contributed by atoms with Crippen LogP contribution in [0.25, 0.3) is 11.0 Å². The Morgan fingerprint density at radius 2 is 2.19 bits per heavy atom. The average Bonchev–Trinajstić information content (AvgIpc) is 3.17. The number of para-hydroxylation sites is 1. The van der Waals surface area contributed by atoms with Gasteiger partial charge in [0.1, 0.15) is 0 Å². The van der Waals surface area contributed by atoms with E-state index in [1.165, 1.54) is 19.1 Å². The van der Waals surface area contributed by atoms with Crippen molar-refractivity contribution in [2.24, 2.45) is 5.92 Å². The van der Waals surface area contributed by atoms with Crippen LogP contribution in [0, 0.1) is 10.7 Å². The summed E-state index contributed by atoms with van der Waals surface area (Å²) < 4.78 is 31.7. The van der Waals surface area contributed by atoms with E-state index < -0.39 is 9.84 Å². The normalized spacial score (nSPS) is 15.7. The van der Waals surface area contributed by atoms with E-state index in [1.54, 1.807) is 12.1 Å². The molecule has 0 atom stereocenters. The maximum Gasteiger partial charge on any atom is 0.178 e. The van der Waals surface area contributed by atoms with Gasteiger partial charge in [0.2, 0.25) is 0 Å². The van der Waals surface area contributed by atoms with E-state index >= 15 is 0 Å². The molecule has 1 heterocycles. The van der Waals surface area contributed by atoms with Crippen LogP contribution in [0.5, 0.6) is 0 Å². The monoisotopic (exact) mass is 326 g/mol. The van der Waals surface area contributed by atoms with Gasteiger partial charge in [-0.05, 0) is 43.1 Å². The molecule has 1 aliphatic rings. The molecule has 1 aromatic heterocycles. The average molecular weight is 326 g/mol. The molecule has 21 heavy (non-hydrogen) atoms. The zero-order valence-corrected chi connectivity index (χ0v) is 13.5. The summed E-state index contributed by atoms with van der Waals surface area (Å²) in [6.45, 7) is 2.02. The molecule has 0 amide bonds. The van der Waals surface area contributed by atoms with Crippen molar-refractivity contribution in [2.75, 3.05) is 19.5 Å². The number of sulfone groups is 1.